The van der Waals surface area contributed by atoms with Gasteiger partial charge in [0.1, 0.15) is 42.7 Å². The first-order valence-corrected chi connectivity index (χ1v) is 43.3. The zero-order valence-electron chi connectivity index (χ0n) is 67.5. The van der Waals surface area contributed by atoms with Crippen LogP contribution in [0.2, 0.25) is 0 Å². The van der Waals surface area contributed by atoms with Crippen molar-refractivity contribution < 1.29 is 47.4 Å². The molecule has 0 aromatic heterocycles. The highest BCUT2D eigenvalue weighted by molar-refractivity contribution is 5.76. The van der Waals surface area contributed by atoms with Crippen LogP contribution in [-0.2, 0) is 93.7 Å². The lowest BCUT2D eigenvalue weighted by Gasteiger charge is -2.46. The minimum Gasteiger partial charge on any atom is -0.374 e. The molecule has 1 saturated heterocycles. The standard InChI is InChI=1S/C99H139NO10/c1-3-5-7-9-11-13-15-16-17-18-19-20-21-22-23-24-25-26-28-30-32-34-57-73-93(101)100-90(94(104-76-85-62-46-37-47-63-85)95(105-77-86-64-48-38-49-65-86)91(103-75-84-60-44-36-45-61-84)72-56-33-31-29-27-14-12-10-8-6-4-2)81-109-99-98(108-80-89-70-54-41-55-71-89)97(107-79-88-68-52-40-53-69-88)96(106-78-87-66-50-39-51-67-87)92(110-99)82-102-74-83-58-42-35-43-59-83/h35-56,58-72,90-92,94-99H,3-34,57,73-82H2,1-2H3,(H,100,101)/b72-56-/t90-,91-,92+,94-,95+,96-,97-,98+,99-/m0/s1. The van der Waals surface area contributed by atoms with Crippen molar-refractivity contribution >= 4 is 5.91 Å². The smallest absolute Gasteiger partial charge is 0.220 e. The van der Waals surface area contributed by atoms with Crippen molar-refractivity contribution in [2.24, 2.45) is 0 Å². The number of benzene rings is 7. The summed E-state index contributed by atoms with van der Waals surface area (Å²) in [6, 6.07) is 70.8. The van der Waals surface area contributed by atoms with Crippen LogP contribution in [0.3, 0.4) is 0 Å². The van der Waals surface area contributed by atoms with E-state index in [2.05, 4.69) is 116 Å². The third-order valence-corrected chi connectivity index (χ3v) is 21.3. The van der Waals surface area contributed by atoms with Gasteiger partial charge in [-0.3, -0.25) is 4.79 Å². The molecule has 8 rings (SSSR count). The molecule has 1 aliphatic rings. The molecule has 11 nitrogen and oxygen atoms in total. The monoisotopic (exact) mass is 1500 g/mol. The highest BCUT2D eigenvalue weighted by atomic mass is 16.7. The minimum atomic E-state index is -1.08. The lowest BCUT2D eigenvalue weighted by Crippen LogP contribution is -2.63. The summed E-state index contributed by atoms with van der Waals surface area (Å²) < 4.78 is 65.1. The van der Waals surface area contributed by atoms with Crippen LogP contribution in [0.1, 0.15) is 271 Å². The van der Waals surface area contributed by atoms with Crippen molar-refractivity contribution in [2.45, 2.75) is 333 Å². The number of rotatable bonds is 64. The highest BCUT2D eigenvalue weighted by Crippen LogP contribution is 2.34. The molecule has 0 spiro atoms. The Kier molecular flexibility index (Phi) is 47.1. The lowest BCUT2D eigenvalue weighted by molar-refractivity contribution is -0.330. The van der Waals surface area contributed by atoms with Gasteiger partial charge >= 0.3 is 0 Å². The van der Waals surface area contributed by atoms with Crippen molar-refractivity contribution in [1.82, 2.24) is 5.32 Å². The Hall–Kier alpha value is -6.61. The summed E-state index contributed by atoms with van der Waals surface area (Å²) in [6.07, 6.45) is 40.6. The van der Waals surface area contributed by atoms with E-state index in [-0.39, 0.29) is 52.2 Å². The third-order valence-electron chi connectivity index (χ3n) is 21.3. The van der Waals surface area contributed by atoms with E-state index in [0.29, 0.717) is 19.6 Å². The van der Waals surface area contributed by atoms with Gasteiger partial charge in [0.05, 0.1) is 65.5 Å². The Morgan fingerprint density at radius 2 is 0.664 bits per heavy atom. The molecule has 7 aromatic carbocycles. The molecule has 7 aromatic rings. The topological polar surface area (TPSA) is 112 Å². The Balaban J connectivity index is 1.06. The Morgan fingerprint density at radius 1 is 0.345 bits per heavy atom. The van der Waals surface area contributed by atoms with Gasteiger partial charge in [0, 0.05) is 6.42 Å². The molecule has 0 radical (unpaired) electrons. The number of nitrogens with one attached hydrogen (secondary N) is 1. The van der Waals surface area contributed by atoms with Gasteiger partial charge in [-0.1, -0.05) is 431 Å². The molecule has 0 saturated carbocycles. The molecule has 1 N–H and O–H groups in total. The normalized spacial score (nSPS) is 16.9. The molecule has 0 aliphatic carbocycles. The number of hydrogen-bond donors (Lipinski definition) is 1. The van der Waals surface area contributed by atoms with Gasteiger partial charge in [0.25, 0.3) is 0 Å². The largest absolute Gasteiger partial charge is 0.374 e. The van der Waals surface area contributed by atoms with E-state index >= 15 is 4.79 Å². The van der Waals surface area contributed by atoms with Gasteiger partial charge in [-0.05, 0) is 58.2 Å². The number of carbonyl (C=O) groups is 1. The molecule has 1 amide bonds. The fourth-order valence-corrected chi connectivity index (χ4v) is 14.8. The van der Waals surface area contributed by atoms with Crippen LogP contribution in [0, 0.1) is 0 Å². The zero-order chi connectivity index (χ0) is 76.5. The van der Waals surface area contributed by atoms with E-state index in [1.807, 2.05) is 127 Å². The van der Waals surface area contributed by atoms with Crippen molar-refractivity contribution in [3.8, 4) is 0 Å². The quantitative estimate of drug-likeness (QED) is 0.0292. The first-order chi connectivity index (χ1) is 54.5. The average molecular weight is 1500 g/mol. The van der Waals surface area contributed by atoms with E-state index in [9.17, 15) is 0 Å². The summed E-state index contributed by atoms with van der Waals surface area (Å²) in [4.78, 5) is 15.3. The summed E-state index contributed by atoms with van der Waals surface area (Å²) in [7, 11) is 0. The van der Waals surface area contributed by atoms with Gasteiger partial charge in [-0.25, -0.2) is 0 Å². The fraction of sp³-hybridized carbons (Fsp3) is 0.545. The summed E-state index contributed by atoms with van der Waals surface area (Å²) >= 11 is 0. The van der Waals surface area contributed by atoms with E-state index in [1.165, 1.54) is 173 Å². The van der Waals surface area contributed by atoms with Crippen LogP contribution in [0.4, 0.5) is 0 Å². The van der Waals surface area contributed by atoms with Crippen molar-refractivity contribution in [1.29, 1.82) is 0 Å². The van der Waals surface area contributed by atoms with Gasteiger partial charge in [0.2, 0.25) is 5.91 Å². The first kappa shape index (κ1) is 88.9. The predicted octanol–water partition coefficient (Wildman–Crippen LogP) is 24.8. The van der Waals surface area contributed by atoms with E-state index in [0.717, 1.165) is 77.5 Å². The van der Waals surface area contributed by atoms with Crippen LogP contribution in [-0.4, -0.2) is 74.2 Å². The lowest BCUT2D eigenvalue weighted by atomic mass is 9.97. The summed E-state index contributed by atoms with van der Waals surface area (Å²) in [5, 5.41) is 3.59. The summed E-state index contributed by atoms with van der Waals surface area (Å²) in [6.45, 7) is 6.56. The van der Waals surface area contributed by atoms with Crippen molar-refractivity contribution in [3.05, 3.63) is 263 Å². The second kappa shape index (κ2) is 58.3. The number of unbranched alkanes of at least 4 members (excludes halogenated alkanes) is 31. The van der Waals surface area contributed by atoms with Crippen LogP contribution in [0.5, 0.6) is 0 Å². The fourth-order valence-electron chi connectivity index (χ4n) is 14.8. The molecule has 110 heavy (non-hydrogen) atoms. The van der Waals surface area contributed by atoms with Crippen molar-refractivity contribution in [2.75, 3.05) is 13.2 Å². The second-order valence-electron chi connectivity index (χ2n) is 30.7. The van der Waals surface area contributed by atoms with Gasteiger partial charge < -0.3 is 47.9 Å². The number of hydrogen-bond acceptors (Lipinski definition) is 10. The minimum absolute atomic E-state index is 0.0717. The molecular formula is C99H139NO10. The van der Waals surface area contributed by atoms with E-state index < -0.39 is 55.1 Å². The number of carbonyl (C=O) groups excluding carboxylic acids is 1. The van der Waals surface area contributed by atoms with Crippen LogP contribution >= 0.6 is 0 Å². The van der Waals surface area contributed by atoms with Gasteiger partial charge in [0.15, 0.2) is 6.29 Å². The van der Waals surface area contributed by atoms with E-state index in [1.54, 1.807) is 0 Å². The number of amides is 1. The zero-order valence-corrected chi connectivity index (χ0v) is 67.5. The Labute approximate surface area is 665 Å². The molecule has 600 valence electrons. The Bertz CT molecular complexity index is 3310. The number of ether oxygens (including phenoxy) is 9. The maximum Gasteiger partial charge on any atom is 0.220 e. The van der Waals surface area contributed by atoms with Gasteiger partial charge in [-0.15, -0.1) is 0 Å². The molecule has 9 atom stereocenters. The summed E-state index contributed by atoms with van der Waals surface area (Å²) in [5.74, 6) is -0.0908. The number of allylic oxidation sites excluding steroid dienone is 1. The summed E-state index contributed by atoms with van der Waals surface area (Å²) in [5.41, 5.74) is 7.00. The van der Waals surface area contributed by atoms with Crippen LogP contribution < -0.4 is 5.32 Å². The van der Waals surface area contributed by atoms with Crippen LogP contribution in [0.15, 0.2) is 224 Å². The van der Waals surface area contributed by atoms with Crippen LogP contribution in [0.25, 0.3) is 0 Å². The molecule has 1 heterocycles. The van der Waals surface area contributed by atoms with Gasteiger partial charge in [-0.2, -0.15) is 0 Å². The Morgan fingerprint density at radius 3 is 1.05 bits per heavy atom. The molecule has 0 bridgehead atoms. The molecule has 11 heteroatoms. The first-order valence-electron chi connectivity index (χ1n) is 43.3. The molecule has 1 aliphatic heterocycles. The maximum absolute atomic E-state index is 15.3. The predicted molar refractivity (Wildman–Crippen MR) is 450 cm³/mol. The SMILES string of the molecule is CCCCCCCCCCC/C=C\[C@H](OCc1ccccc1)[C@@H](OCc1ccccc1)[C@@H](OCc1ccccc1)[C@H](CO[C@H]1O[C@H](COCc2ccccc2)[C@H](OCc2ccccc2)[C@H](OCc2ccccc2)[C@H]1OCc1ccccc1)NC(=O)CCCCCCCCCCCCCCCCCCCCCCCCC. The highest BCUT2D eigenvalue weighted by Gasteiger charge is 2.50. The second-order valence-corrected chi connectivity index (χ2v) is 30.7. The average Bonchev–Trinajstić information content (AvgIpc) is 0.788. The molecular weight excluding hydrogens is 1360 g/mol. The molecule has 0 unspecified atom stereocenters. The third kappa shape index (κ3) is 37.8. The maximum atomic E-state index is 15.3. The van der Waals surface area contributed by atoms with E-state index in [4.69, 9.17) is 42.6 Å². The van der Waals surface area contributed by atoms with Crippen molar-refractivity contribution in [3.63, 3.8) is 0 Å². The molecule has 1 fully saturated rings.